The summed E-state index contributed by atoms with van der Waals surface area (Å²) >= 11 is 0. The lowest BCUT2D eigenvalue weighted by Gasteiger charge is -2.18. The molecule has 1 atom stereocenters. The SMILES string of the molecule is CC/C=C\C/C=C\C/C=C\C/C=C\C/C=C\C/C=C\CCCCCCCCCCCCC(=O)OCC(COC(=O)CCCCCCCCCCCCCC)OC(=O)CCCCCCCCCCCCC/C=C\C/C=C\CCCCCCC. The van der Waals surface area contributed by atoms with Gasteiger partial charge in [0, 0.05) is 19.3 Å². The zero-order chi connectivity index (χ0) is 59.2. The van der Waals surface area contributed by atoms with Crippen LogP contribution in [0.1, 0.15) is 348 Å². The molecule has 0 aliphatic rings. The molecule has 0 aromatic carbocycles. The van der Waals surface area contributed by atoms with E-state index in [1.54, 1.807) is 0 Å². The molecule has 0 N–H and O–H groups in total. The minimum atomic E-state index is -0.780. The fourth-order valence-electron chi connectivity index (χ4n) is 10.1. The summed E-state index contributed by atoms with van der Waals surface area (Å²) in [6.45, 7) is 6.55. The van der Waals surface area contributed by atoms with Gasteiger partial charge >= 0.3 is 17.9 Å². The van der Waals surface area contributed by atoms with Gasteiger partial charge in [-0.15, -0.1) is 0 Å². The van der Waals surface area contributed by atoms with Gasteiger partial charge in [0.1, 0.15) is 13.2 Å². The van der Waals surface area contributed by atoms with Crippen molar-refractivity contribution in [2.45, 2.75) is 354 Å². The van der Waals surface area contributed by atoms with Crippen molar-refractivity contribution in [3.05, 3.63) is 97.2 Å². The van der Waals surface area contributed by atoms with Crippen molar-refractivity contribution in [2.24, 2.45) is 0 Å². The zero-order valence-electron chi connectivity index (χ0n) is 54.2. The second-order valence-corrected chi connectivity index (χ2v) is 23.4. The largest absolute Gasteiger partial charge is 0.462 e. The number of ether oxygens (including phenoxy) is 3. The van der Waals surface area contributed by atoms with E-state index in [1.165, 1.54) is 205 Å². The number of esters is 3. The quantitative estimate of drug-likeness (QED) is 0.0261. The van der Waals surface area contributed by atoms with E-state index in [-0.39, 0.29) is 31.1 Å². The molecular weight excluding hydrogens is 1010 g/mol. The molecule has 0 aliphatic heterocycles. The van der Waals surface area contributed by atoms with Crippen LogP contribution in [0.5, 0.6) is 0 Å². The van der Waals surface area contributed by atoms with Crippen LogP contribution in [0.2, 0.25) is 0 Å². The first-order valence-corrected chi connectivity index (χ1v) is 35.2. The monoisotopic (exact) mass is 1140 g/mol. The van der Waals surface area contributed by atoms with Crippen molar-refractivity contribution >= 4 is 17.9 Å². The molecule has 0 aliphatic carbocycles. The molecule has 0 fully saturated rings. The minimum absolute atomic E-state index is 0.0755. The van der Waals surface area contributed by atoms with Crippen LogP contribution >= 0.6 is 0 Å². The number of unbranched alkanes of at least 4 members (excludes halogenated alkanes) is 37. The molecule has 0 rings (SSSR count). The van der Waals surface area contributed by atoms with E-state index in [2.05, 4.69) is 118 Å². The van der Waals surface area contributed by atoms with Crippen LogP contribution in [-0.2, 0) is 28.6 Å². The Morgan fingerprint density at radius 1 is 0.256 bits per heavy atom. The van der Waals surface area contributed by atoms with Crippen molar-refractivity contribution in [1.82, 2.24) is 0 Å². The average molecular weight is 1140 g/mol. The first-order chi connectivity index (χ1) is 40.5. The van der Waals surface area contributed by atoms with Gasteiger partial charge in [-0.3, -0.25) is 14.4 Å². The summed E-state index contributed by atoms with van der Waals surface area (Å²) in [5.74, 6) is -0.866. The molecule has 0 spiro atoms. The number of rotatable bonds is 64. The Balaban J connectivity index is 4.27. The van der Waals surface area contributed by atoms with Crippen LogP contribution in [0.15, 0.2) is 97.2 Å². The van der Waals surface area contributed by atoms with Gasteiger partial charge in [0.2, 0.25) is 0 Å². The Hall–Kier alpha value is -3.67. The Bertz CT molecular complexity index is 1590. The van der Waals surface area contributed by atoms with E-state index in [1.807, 2.05) is 0 Å². The molecule has 0 amide bonds. The van der Waals surface area contributed by atoms with Gasteiger partial charge in [-0.2, -0.15) is 0 Å². The molecule has 6 nitrogen and oxygen atoms in total. The van der Waals surface area contributed by atoms with Crippen LogP contribution in [0.25, 0.3) is 0 Å². The summed E-state index contributed by atoms with van der Waals surface area (Å²) < 4.78 is 17.0. The van der Waals surface area contributed by atoms with Gasteiger partial charge in [-0.25, -0.2) is 0 Å². The molecule has 0 heterocycles. The Morgan fingerprint density at radius 3 is 0.744 bits per heavy atom. The molecule has 82 heavy (non-hydrogen) atoms. The van der Waals surface area contributed by atoms with Crippen LogP contribution in [-0.4, -0.2) is 37.2 Å². The molecule has 472 valence electrons. The predicted octanol–water partition coefficient (Wildman–Crippen LogP) is 24.4. The summed E-state index contributed by atoms with van der Waals surface area (Å²) in [5, 5.41) is 0. The van der Waals surface area contributed by atoms with Crippen molar-refractivity contribution < 1.29 is 28.6 Å². The highest BCUT2D eigenvalue weighted by Crippen LogP contribution is 2.17. The van der Waals surface area contributed by atoms with Gasteiger partial charge in [0.25, 0.3) is 0 Å². The number of allylic oxidation sites excluding steroid dienone is 16. The Labute approximate surface area is 508 Å². The van der Waals surface area contributed by atoms with Gasteiger partial charge < -0.3 is 14.2 Å². The lowest BCUT2D eigenvalue weighted by molar-refractivity contribution is -0.167. The molecule has 6 heteroatoms. The van der Waals surface area contributed by atoms with Crippen LogP contribution in [0.4, 0.5) is 0 Å². The smallest absolute Gasteiger partial charge is 0.306 e. The lowest BCUT2D eigenvalue weighted by atomic mass is 10.0. The summed E-state index contributed by atoms with van der Waals surface area (Å²) in [4.78, 5) is 38.4. The Morgan fingerprint density at radius 2 is 0.476 bits per heavy atom. The number of carbonyl (C=O) groups is 3. The van der Waals surface area contributed by atoms with Crippen molar-refractivity contribution in [3.8, 4) is 0 Å². The summed E-state index contributed by atoms with van der Waals surface area (Å²) in [6.07, 6.45) is 94.3. The van der Waals surface area contributed by atoms with Crippen LogP contribution in [0.3, 0.4) is 0 Å². The molecule has 0 bridgehead atoms. The molecular formula is C76H132O6. The van der Waals surface area contributed by atoms with Gasteiger partial charge in [-0.05, 0) is 103 Å². The number of hydrogen-bond donors (Lipinski definition) is 0. The van der Waals surface area contributed by atoms with E-state index < -0.39 is 6.10 Å². The fraction of sp³-hybridized carbons (Fsp3) is 0.750. The number of carbonyl (C=O) groups excluding carboxylic acids is 3. The maximum absolute atomic E-state index is 12.9. The maximum atomic E-state index is 12.9. The summed E-state index contributed by atoms with van der Waals surface area (Å²) in [5.41, 5.74) is 0. The Kier molecular flexibility index (Phi) is 66.7. The third-order valence-electron chi connectivity index (χ3n) is 15.3. The first kappa shape index (κ1) is 78.3. The van der Waals surface area contributed by atoms with E-state index in [4.69, 9.17) is 14.2 Å². The second-order valence-electron chi connectivity index (χ2n) is 23.4. The van der Waals surface area contributed by atoms with Crippen LogP contribution in [0, 0.1) is 0 Å². The molecule has 0 saturated heterocycles. The summed E-state index contributed by atoms with van der Waals surface area (Å²) in [6, 6.07) is 0. The molecule has 0 aromatic rings. The van der Waals surface area contributed by atoms with Gasteiger partial charge in [-0.1, -0.05) is 323 Å². The zero-order valence-corrected chi connectivity index (χ0v) is 54.2. The van der Waals surface area contributed by atoms with E-state index in [0.717, 1.165) is 103 Å². The topological polar surface area (TPSA) is 78.9 Å². The highest BCUT2D eigenvalue weighted by atomic mass is 16.6. The molecule has 0 radical (unpaired) electrons. The highest BCUT2D eigenvalue weighted by Gasteiger charge is 2.19. The second kappa shape index (κ2) is 69.8. The molecule has 0 aromatic heterocycles. The van der Waals surface area contributed by atoms with E-state index >= 15 is 0 Å². The van der Waals surface area contributed by atoms with Crippen molar-refractivity contribution in [1.29, 1.82) is 0 Å². The predicted molar refractivity (Wildman–Crippen MR) is 357 cm³/mol. The van der Waals surface area contributed by atoms with Gasteiger partial charge in [0.15, 0.2) is 6.10 Å². The third-order valence-corrected chi connectivity index (χ3v) is 15.3. The lowest BCUT2D eigenvalue weighted by Crippen LogP contribution is -2.30. The van der Waals surface area contributed by atoms with Crippen molar-refractivity contribution in [3.63, 3.8) is 0 Å². The van der Waals surface area contributed by atoms with Crippen LogP contribution < -0.4 is 0 Å². The van der Waals surface area contributed by atoms with Gasteiger partial charge in [0.05, 0.1) is 0 Å². The highest BCUT2D eigenvalue weighted by molar-refractivity contribution is 5.71. The molecule has 1 unspecified atom stereocenters. The maximum Gasteiger partial charge on any atom is 0.306 e. The van der Waals surface area contributed by atoms with Crippen molar-refractivity contribution in [2.75, 3.05) is 13.2 Å². The standard InChI is InChI=1S/C76H132O6/c1-4-7-10-13-16-19-22-25-27-29-31-33-35-36-37-38-39-40-42-43-45-47-49-51-54-57-60-63-66-69-75(78)81-72-73(71-80-74(77)68-65-62-59-56-53-24-21-18-15-12-9-6-3)82-76(79)70-67-64-61-58-55-52-50-48-46-44-41-34-32-30-28-26-23-20-17-14-11-8-5-2/h7,10,16,19,23,25-27,30-33,36-37,39-40,73H,4-6,8-9,11-15,17-18,20-22,24,28-29,34-35,38,41-72H2,1-3H3/b10-7-,19-16-,26-23-,27-25-,32-30-,33-31-,37-36-,40-39-. The normalized spacial score (nSPS) is 12.7. The molecule has 0 saturated carbocycles. The third kappa shape index (κ3) is 67.1. The first-order valence-electron chi connectivity index (χ1n) is 35.2. The summed E-state index contributed by atoms with van der Waals surface area (Å²) in [7, 11) is 0. The average Bonchev–Trinajstić information content (AvgIpc) is 3.47. The van der Waals surface area contributed by atoms with E-state index in [0.29, 0.717) is 19.3 Å². The minimum Gasteiger partial charge on any atom is -0.462 e. The van der Waals surface area contributed by atoms with E-state index in [9.17, 15) is 14.4 Å². The number of hydrogen-bond acceptors (Lipinski definition) is 6. The fourth-order valence-corrected chi connectivity index (χ4v) is 10.1.